The highest BCUT2D eigenvalue weighted by Gasteiger charge is 2.18. The van der Waals surface area contributed by atoms with E-state index in [1.165, 1.54) is 29.7 Å². The van der Waals surface area contributed by atoms with Crippen LogP contribution in [0, 0.1) is 5.92 Å². The van der Waals surface area contributed by atoms with Crippen LogP contribution in [0.25, 0.3) is 11.3 Å². The number of thioether (sulfide) groups is 1. The van der Waals surface area contributed by atoms with Gasteiger partial charge in [0.2, 0.25) is 0 Å². The van der Waals surface area contributed by atoms with E-state index in [1.54, 1.807) is 11.8 Å². The molecule has 3 nitrogen and oxygen atoms in total. The van der Waals surface area contributed by atoms with Crippen molar-refractivity contribution in [3.05, 3.63) is 36.3 Å². The zero-order valence-electron chi connectivity index (χ0n) is 12.7. The molecule has 112 valence electrons. The molecule has 0 spiro atoms. The maximum absolute atomic E-state index is 4.53. The number of hydrogen-bond acceptors (Lipinski definition) is 3. The molecule has 1 aliphatic rings. The van der Waals surface area contributed by atoms with Crippen LogP contribution in [-0.4, -0.2) is 22.8 Å². The maximum atomic E-state index is 4.53. The largest absolute Gasteiger partial charge is 0.341 e. The van der Waals surface area contributed by atoms with Crippen molar-refractivity contribution < 1.29 is 0 Å². The zero-order chi connectivity index (χ0) is 14.7. The highest BCUT2D eigenvalue weighted by Crippen LogP contribution is 2.26. The van der Waals surface area contributed by atoms with Gasteiger partial charge < -0.3 is 10.3 Å². The highest BCUT2D eigenvalue weighted by molar-refractivity contribution is 7.98. The number of H-pyrrole nitrogens is 1. The summed E-state index contributed by atoms with van der Waals surface area (Å²) in [6.07, 6.45) is 8.19. The summed E-state index contributed by atoms with van der Waals surface area (Å²) in [7, 11) is 0. The highest BCUT2D eigenvalue weighted by atomic mass is 32.2. The molecular formula is C17H23N3S. The van der Waals surface area contributed by atoms with E-state index in [9.17, 15) is 0 Å². The third kappa shape index (κ3) is 3.50. The fourth-order valence-corrected chi connectivity index (χ4v) is 3.02. The van der Waals surface area contributed by atoms with Crippen molar-refractivity contribution in [1.29, 1.82) is 0 Å². The number of benzene rings is 1. The molecule has 2 N–H and O–H groups in total. The lowest BCUT2D eigenvalue weighted by atomic mass is 9.85. The lowest BCUT2D eigenvalue weighted by molar-refractivity contribution is 0.291. The quantitative estimate of drug-likeness (QED) is 0.784. The van der Waals surface area contributed by atoms with E-state index in [-0.39, 0.29) is 6.04 Å². The molecule has 0 amide bonds. The number of nitrogens with one attached hydrogen (secondary N) is 2. The Bertz CT molecular complexity index is 572. The SMILES string of the molecule is CSc1ccc(-c2cnc(C(C)NCC3CCC3)[nH]2)cc1. The third-order valence-electron chi connectivity index (χ3n) is 4.34. The molecule has 1 aliphatic carbocycles. The molecule has 0 bridgehead atoms. The van der Waals surface area contributed by atoms with Crippen LogP contribution in [0.2, 0.25) is 0 Å². The van der Waals surface area contributed by atoms with Crippen LogP contribution in [-0.2, 0) is 0 Å². The topological polar surface area (TPSA) is 40.7 Å². The number of nitrogens with zero attached hydrogens (tertiary/aromatic N) is 1. The van der Waals surface area contributed by atoms with Gasteiger partial charge in [0, 0.05) is 4.90 Å². The minimum atomic E-state index is 0.282. The minimum Gasteiger partial charge on any atom is -0.341 e. The standard InChI is InChI=1S/C17H23N3S/c1-12(18-10-13-4-3-5-13)17-19-11-16(20-17)14-6-8-15(21-2)9-7-14/h6-9,11-13,18H,3-5,10H2,1-2H3,(H,19,20). The van der Waals surface area contributed by atoms with Crippen LogP contribution >= 0.6 is 11.8 Å². The van der Waals surface area contributed by atoms with Crippen molar-refractivity contribution in [2.75, 3.05) is 12.8 Å². The molecule has 0 aliphatic heterocycles. The number of aromatic nitrogens is 2. The number of aromatic amines is 1. The predicted molar refractivity (Wildman–Crippen MR) is 89.6 cm³/mol. The number of rotatable bonds is 6. The Morgan fingerprint density at radius 3 is 2.71 bits per heavy atom. The maximum Gasteiger partial charge on any atom is 0.123 e. The van der Waals surface area contributed by atoms with Gasteiger partial charge in [0.15, 0.2) is 0 Å². The summed E-state index contributed by atoms with van der Waals surface area (Å²) in [5.74, 6) is 1.90. The van der Waals surface area contributed by atoms with Crippen molar-refractivity contribution in [2.45, 2.75) is 37.1 Å². The summed E-state index contributed by atoms with van der Waals surface area (Å²) in [6.45, 7) is 3.29. The van der Waals surface area contributed by atoms with E-state index < -0.39 is 0 Å². The molecular weight excluding hydrogens is 278 g/mol. The molecule has 21 heavy (non-hydrogen) atoms. The first-order valence-corrected chi connectivity index (χ1v) is 8.91. The zero-order valence-corrected chi connectivity index (χ0v) is 13.5. The second-order valence-electron chi connectivity index (χ2n) is 5.84. The second kappa shape index (κ2) is 6.67. The fraction of sp³-hybridized carbons (Fsp3) is 0.471. The molecule has 1 aromatic carbocycles. The Labute approximate surface area is 131 Å². The van der Waals surface area contributed by atoms with Crippen LogP contribution in [0.15, 0.2) is 35.4 Å². The smallest absolute Gasteiger partial charge is 0.123 e. The molecule has 1 unspecified atom stereocenters. The molecule has 1 aromatic heterocycles. The van der Waals surface area contributed by atoms with Crippen LogP contribution in [0.1, 0.15) is 38.1 Å². The van der Waals surface area contributed by atoms with E-state index >= 15 is 0 Å². The average Bonchev–Trinajstić information content (AvgIpc) is 2.95. The first-order chi connectivity index (χ1) is 10.3. The Morgan fingerprint density at radius 1 is 1.33 bits per heavy atom. The Morgan fingerprint density at radius 2 is 2.10 bits per heavy atom. The number of imidazole rings is 1. The van der Waals surface area contributed by atoms with Gasteiger partial charge in [-0.05, 0) is 56.2 Å². The molecule has 4 heteroatoms. The van der Waals surface area contributed by atoms with Gasteiger partial charge in [-0.15, -0.1) is 11.8 Å². The fourth-order valence-electron chi connectivity index (χ4n) is 2.61. The molecule has 1 heterocycles. The van der Waals surface area contributed by atoms with Crippen LogP contribution in [0.3, 0.4) is 0 Å². The van der Waals surface area contributed by atoms with Gasteiger partial charge in [0.1, 0.15) is 5.82 Å². The average molecular weight is 301 g/mol. The Hall–Kier alpha value is -1.26. The molecule has 1 fully saturated rings. The monoisotopic (exact) mass is 301 g/mol. The van der Waals surface area contributed by atoms with Gasteiger partial charge in [-0.1, -0.05) is 18.6 Å². The van der Waals surface area contributed by atoms with Gasteiger partial charge in [-0.2, -0.15) is 0 Å². The minimum absolute atomic E-state index is 0.282. The lowest BCUT2D eigenvalue weighted by Gasteiger charge is -2.26. The molecule has 0 radical (unpaired) electrons. The summed E-state index contributed by atoms with van der Waals surface area (Å²) < 4.78 is 0. The van der Waals surface area contributed by atoms with Crippen LogP contribution in [0.4, 0.5) is 0 Å². The molecule has 1 saturated carbocycles. The van der Waals surface area contributed by atoms with E-state index in [1.807, 2.05) is 6.20 Å². The van der Waals surface area contributed by atoms with Gasteiger partial charge in [0.25, 0.3) is 0 Å². The summed E-state index contributed by atoms with van der Waals surface area (Å²) in [5, 5.41) is 3.59. The molecule has 1 atom stereocenters. The van der Waals surface area contributed by atoms with Gasteiger partial charge in [-0.25, -0.2) is 4.98 Å². The predicted octanol–water partition coefficient (Wildman–Crippen LogP) is 4.25. The first kappa shape index (κ1) is 14.7. The molecule has 0 saturated heterocycles. The van der Waals surface area contributed by atoms with Crippen LogP contribution in [0.5, 0.6) is 0 Å². The summed E-state index contributed by atoms with van der Waals surface area (Å²) in [6, 6.07) is 8.88. The van der Waals surface area contributed by atoms with Gasteiger partial charge in [0.05, 0.1) is 17.9 Å². The van der Waals surface area contributed by atoms with Crippen molar-refractivity contribution in [3.8, 4) is 11.3 Å². The van der Waals surface area contributed by atoms with Crippen molar-refractivity contribution in [2.24, 2.45) is 5.92 Å². The third-order valence-corrected chi connectivity index (χ3v) is 5.09. The molecule has 3 rings (SSSR count). The summed E-state index contributed by atoms with van der Waals surface area (Å²) in [4.78, 5) is 9.27. The van der Waals surface area contributed by atoms with E-state index in [0.717, 1.165) is 24.0 Å². The Kier molecular flexibility index (Phi) is 4.66. The van der Waals surface area contributed by atoms with Crippen molar-refractivity contribution in [1.82, 2.24) is 15.3 Å². The Balaban J connectivity index is 1.63. The van der Waals surface area contributed by atoms with Crippen LogP contribution < -0.4 is 5.32 Å². The van der Waals surface area contributed by atoms with Gasteiger partial charge in [-0.3, -0.25) is 0 Å². The van der Waals surface area contributed by atoms with E-state index in [0.29, 0.717) is 0 Å². The summed E-state index contributed by atoms with van der Waals surface area (Å²) in [5.41, 5.74) is 2.28. The van der Waals surface area contributed by atoms with Crippen molar-refractivity contribution >= 4 is 11.8 Å². The number of hydrogen-bond donors (Lipinski definition) is 2. The molecule has 2 aromatic rings. The van der Waals surface area contributed by atoms with Crippen molar-refractivity contribution in [3.63, 3.8) is 0 Å². The van der Waals surface area contributed by atoms with Gasteiger partial charge >= 0.3 is 0 Å². The second-order valence-corrected chi connectivity index (χ2v) is 6.72. The van der Waals surface area contributed by atoms with E-state index in [2.05, 4.69) is 52.7 Å². The first-order valence-electron chi connectivity index (χ1n) is 7.69. The normalized spacial score (nSPS) is 16.7. The lowest BCUT2D eigenvalue weighted by Crippen LogP contribution is -2.29. The van der Waals surface area contributed by atoms with E-state index in [4.69, 9.17) is 0 Å². The summed E-state index contributed by atoms with van der Waals surface area (Å²) >= 11 is 1.76.